The first-order valence-corrected chi connectivity index (χ1v) is 7.78. The SMILES string of the molecule is CC(C)[C@@](C)(C#N)NC(=O)[C@@H](C)Oc1cc(Cl)c(Cl)cc1Cl. The Morgan fingerprint density at radius 1 is 1.23 bits per heavy atom. The number of benzene rings is 1. The number of hydrogen-bond donors (Lipinski definition) is 1. The zero-order valence-corrected chi connectivity index (χ0v) is 15.0. The summed E-state index contributed by atoms with van der Waals surface area (Å²) in [7, 11) is 0. The molecule has 22 heavy (non-hydrogen) atoms. The number of carbonyl (C=O) groups is 1. The molecule has 0 aliphatic carbocycles. The maximum atomic E-state index is 12.2. The van der Waals surface area contributed by atoms with Crippen LogP contribution < -0.4 is 10.1 Å². The van der Waals surface area contributed by atoms with Gasteiger partial charge < -0.3 is 10.1 Å². The Morgan fingerprint density at radius 3 is 2.27 bits per heavy atom. The van der Waals surface area contributed by atoms with Crippen LogP contribution in [0.3, 0.4) is 0 Å². The molecule has 0 bridgehead atoms. The average Bonchev–Trinajstić information content (AvgIpc) is 2.44. The molecule has 0 aromatic heterocycles. The number of carbonyl (C=O) groups excluding carboxylic acids is 1. The average molecular weight is 364 g/mol. The van der Waals surface area contributed by atoms with Gasteiger partial charge in [-0.1, -0.05) is 48.7 Å². The van der Waals surface area contributed by atoms with E-state index in [0.29, 0.717) is 5.02 Å². The van der Waals surface area contributed by atoms with Gasteiger partial charge in [0.2, 0.25) is 0 Å². The Balaban J connectivity index is 2.86. The highest BCUT2D eigenvalue weighted by Crippen LogP contribution is 2.34. The van der Waals surface area contributed by atoms with Gasteiger partial charge in [-0.15, -0.1) is 0 Å². The van der Waals surface area contributed by atoms with Crippen LogP contribution in [0.25, 0.3) is 0 Å². The molecule has 1 aromatic carbocycles. The minimum absolute atomic E-state index is 0.0535. The Labute approximate surface area is 145 Å². The van der Waals surface area contributed by atoms with E-state index in [-0.39, 0.29) is 21.7 Å². The molecule has 0 aliphatic heterocycles. The number of nitriles is 1. The number of hydrogen-bond acceptors (Lipinski definition) is 3. The van der Waals surface area contributed by atoms with Crippen LogP contribution in [0.15, 0.2) is 12.1 Å². The van der Waals surface area contributed by atoms with Crippen LogP contribution in [0, 0.1) is 17.2 Å². The summed E-state index contributed by atoms with van der Waals surface area (Å²) in [6, 6.07) is 4.99. The second-order valence-corrected chi connectivity index (χ2v) is 6.64. The number of amides is 1. The summed E-state index contributed by atoms with van der Waals surface area (Å²) in [6.07, 6.45) is -0.846. The summed E-state index contributed by atoms with van der Waals surface area (Å²) in [5.74, 6) is -0.218. The summed E-state index contributed by atoms with van der Waals surface area (Å²) in [5, 5.41) is 12.7. The minimum Gasteiger partial charge on any atom is -0.479 e. The van der Waals surface area contributed by atoms with E-state index in [4.69, 9.17) is 39.5 Å². The smallest absolute Gasteiger partial charge is 0.262 e. The van der Waals surface area contributed by atoms with Gasteiger partial charge in [0.05, 0.1) is 21.1 Å². The molecule has 0 radical (unpaired) electrons. The van der Waals surface area contributed by atoms with E-state index < -0.39 is 17.6 Å². The minimum atomic E-state index is -0.976. The van der Waals surface area contributed by atoms with E-state index in [1.807, 2.05) is 13.8 Å². The van der Waals surface area contributed by atoms with E-state index in [0.717, 1.165) is 0 Å². The van der Waals surface area contributed by atoms with E-state index in [9.17, 15) is 10.1 Å². The summed E-state index contributed by atoms with van der Waals surface area (Å²) >= 11 is 17.8. The van der Waals surface area contributed by atoms with Crippen LogP contribution in [0.2, 0.25) is 15.1 Å². The highest BCUT2D eigenvalue weighted by molar-refractivity contribution is 6.43. The molecule has 7 heteroatoms. The van der Waals surface area contributed by atoms with E-state index in [1.54, 1.807) is 13.8 Å². The third-order valence-corrected chi connectivity index (χ3v) is 4.44. The molecule has 1 amide bonds. The van der Waals surface area contributed by atoms with E-state index in [2.05, 4.69) is 11.4 Å². The largest absolute Gasteiger partial charge is 0.479 e. The molecular weight excluding hydrogens is 347 g/mol. The van der Waals surface area contributed by atoms with Crippen molar-refractivity contribution in [2.75, 3.05) is 0 Å². The monoisotopic (exact) mass is 362 g/mol. The zero-order chi connectivity index (χ0) is 17.1. The van der Waals surface area contributed by atoms with Crippen molar-refractivity contribution >= 4 is 40.7 Å². The van der Waals surface area contributed by atoms with Crippen molar-refractivity contribution in [1.29, 1.82) is 5.26 Å². The molecule has 1 aromatic rings. The summed E-state index contributed by atoms with van der Waals surface area (Å²) in [6.45, 7) is 6.93. The molecule has 4 nitrogen and oxygen atoms in total. The first kappa shape index (κ1) is 18.9. The first-order chi connectivity index (χ1) is 10.1. The van der Waals surface area contributed by atoms with Crippen molar-refractivity contribution in [3.05, 3.63) is 27.2 Å². The summed E-state index contributed by atoms with van der Waals surface area (Å²) in [5.41, 5.74) is -0.976. The molecule has 0 fully saturated rings. The van der Waals surface area contributed by atoms with Gasteiger partial charge in [0.25, 0.3) is 5.91 Å². The van der Waals surface area contributed by atoms with Crippen LogP contribution in [0.5, 0.6) is 5.75 Å². The second-order valence-electron chi connectivity index (χ2n) is 5.41. The Morgan fingerprint density at radius 2 is 1.77 bits per heavy atom. The number of nitrogens with one attached hydrogen (secondary N) is 1. The number of nitrogens with zero attached hydrogens (tertiary/aromatic N) is 1. The molecule has 1 N–H and O–H groups in total. The molecule has 2 atom stereocenters. The maximum absolute atomic E-state index is 12.2. The van der Waals surface area contributed by atoms with Gasteiger partial charge in [-0.2, -0.15) is 5.26 Å². The van der Waals surface area contributed by atoms with Gasteiger partial charge in [-0.3, -0.25) is 4.79 Å². The molecule has 1 rings (SSSR count). The standard InChI is InChI=1S/C15H17Cl3N2O2/c1-8(2)15(4,7-19)20-14(21)9(3)22-13-6-11(17)10(16)5-12(13)18/h5-6,8-9H,1-4H3,(H,20,21)/t9-,15-/m1/s1. The van der Waals surface area contributed by atoms with Crippen LogP contribution in [0.1, 0.15) is 27.7 Å². The lowest BCUT2D eigenvalue weighted by Gasteiger charge is -2.29. The number of halogens is 3. The second kappa shape index (κ2) is 7.41. The van der Waals surface area contributed by atoms with Gasteiger partial charge >= 0.3 is 0 Å². The maximum Gasteiger partial charge on any atom is 0.262 e. The lowest BCUT2D eigenvalue weighted by atomic mass is 9.90. The Kier molecular flexibility index (Phi) is 6.37. The van der Waals surface area contributed by atoms with Gasteiger partial charge in [0.1, 0.15) is 11.3 Å². The molecule has 0 saturated carbocycles. The van der Waals surface area contributed by atoms with Crippen LogP contribution in [-0.2, 0) is 4.79 Å². The molecule has 120 valence electrons. The third-order valence-electron chi connectivity index (χ3n) is 3.42. The molecule has 0 unspecified atom stereocenters. The van der Waals surface area contributed by atoms with Crippen molar-refractivity contribution in [2.24, 2.45) is 5.92 Å². The van der Waals surface area contributed by atoms with Crippen molar-refractivity contribution in [1.82, 2.24) is 5.32 Å². The highest BCUT2D eigenvalue weighted by Gasteiger charge is 2.32. The summed E-state index contributed by atoms with van der Waals surface area (Å²) < 4.78 is 5.52. The summed E-state index contributed by atoms with van der Waals surface area (Å²) in [4.78, 5) is 12.2. The van der Waals surface area contributed by atoms with Gasteiger partial charge in [0, 0.05) is 6.07 Å². The normalized spacial score (nSPS) is 14.9. The topological polar surface area (TPSA) is 62.1 Å². The number of rotatable bonds is 5. The zero-order valence-electron chi connectivity index (χ0n) is 12.7. The van der Waals surface area contributed by atoms with Crippen molar-refractivity contribution in [3.8, 4) is 11.8 Å². The predicted molar refractivity (Wildman–Crippen MR) is 88.6 cm³/mol. The molecule has 0 heterocycles. The fraction of sp³-hybridized carbons (Fsp3) is 0.467. The predicted octanol–water partition coefficient (Wildman–Crippen LogP) is 4.47. The van der Waals surface area contributed by atoms with E-state index in [1.165, 1.54) is 12.1 Å². The van der Waals surface area contributed by atoms with Crippen LogP contribution >= 0.6 is 34.8 Å². The van der Waals surface area contributed by atoms with Gasteiger partial charge in [-0.25, -0.2) is 0 Å². The van der Waals surface area contributed by atoms with Crippen LogP contribution in [-0.4, -0.2) is 17.6 Å². The van der Waals surface area contributed by atoms with Crippen molar-refractivity contribution in [2.45, 2.75) is 39.3 Å². The van der Waals surface area contributed by atoms with Crippen molar-refractivity contribution in [3.63, 3.8) is 0 Å². The fourth-order valence-corrected chi connectivity index (χ4v) is 2.08. The third kappa shape index (κ3) is 4.42. The molecule has 0 saturated heterocycles. The Hall–Kier alpha value is -1.15. The number of ether oxygens (including phenoxy) is 1. The fourth-order valence-electron chi connectivity index (χ4n) is 1.50. The van der Waals surface area contributed by atoms with E-state index >= 15 is 0 Å². The van der Waals surface area contributed by atoms with Crippen molar-refractivity contribution < 1.29 is 9.53 Å². The van der Waals surface area contributed by atoms with Crippen LogP contribution in [0.4, 0.5) is 0 Å². The van der Waals surface area contributed by atoms with Gasteiger partial charge in [-0.05, 0) is 25.8 Å². The quantitative estimate of drug-likeness (QED) is 0.785. The molecule has 0 spiro atoms. The molecule has 0 aliphatic rings. The Bertz CT molecular complexity index is 614. The first-order valence-electron chi connectivity index (χ1n) is 6.65. The highest BCUT2D eigenvalue weighted by atomic mass is 35.5. The lowest BCUT2D eigenvalue weighted by Crippen LogP contribution is -2.52. The molecular formula is C15H17Cl3N2O2. The van der Waals surface area contributed by atoms with Gasteiger partial charge in [0.15, 0.2) is 6.10 Å². The lowest BCUT2D eigenvalue weighted by molar-refractivity contribution is -0.128.